The minimum Gasteiger partial charge on any atom is -0.381 e. The highest BCUT2D eigenvalue weighted by Gasteiger charge is 2.30. The van der Waals surface area contributed by atoms with Gasteiger partial charge < -0.3 is 10.4 Å². The summed E-state index contributed by atoms with van der Waals surface area (Å²) in [7, 11) is 0. The molecule has 6 heteroatoms. The summed E-state index contributed by atoms with van der Waals surface area (Å²) in [5, 5.41) is 12.8. The molecule has 0 saturated heterocycles. The van der Waals surface area contributed by atoms with Crippen LogP contribution < -0.4 is 16.6 Å². The summed E-state index contributed by atoms with van der Waals surface area (Å²) < 4.78 is 0. The van der Waals surface area contributed by atoms with E-state index in [-0.39, 0.29) is 17.7 Å². The molecule has 1 fully saturated rings. The molecule has 0 aromatic carbocycles. The largest absolute Gasteiger partial charge is 0.381 e. The van der Waals surface area contributed by atoms with Gasteiger partial charge in [0.2, 0.25) is 5.91 Å². The van der Waals surface area contributed by atoms with Crippen molar-refractivity contribution in [2.24, 2.45) is 17.7 Å². The van der Waals surface area contributed by atoms with Crippen molar-refractivity contribution in [1.82, 2.24) is 10.7 Å². The highest BCUT2D eigenvalue weighted by atomic mass is 16.3. The second-order valence-corrected chi connectivity index (χ2v) is 6.03. The van der Waals surface area contributed by atoms with Gasteiger partial charge in [0.05, 0.1) is 6.04 Å². The van der Waals surface area contributed by atoms with Crippen LogP contribution in [0, 0.1) is 11.8 Å². The van der Waals surface area contributed by atoms with Gasteiger partial charge in [-0.05, 0) is 25.2 Å². The first-order valence-electron chi connectivity index (χ1n) is 7.44. The first kappa shape index (κ1) is 16.9. The van der Waals surface area contributed by atoms with Crippen LogP contribution in [0.5, 0.6) is 0 Å². The van der Waals surface area contributed by atoms with Crippen molar-refractivity contribution in [2.45, 2.75) is 64.5 Å². The minimum absolute atomic E-state index is 0.00606. The Bertz CT molecular complexity index is 328. The Morgan fingerprint density at radius 2 is 1.85 bits per heavy atom. The minimum atomic E-state index is -1.31. The van der Waals surface area contributed by atoms with Crippen molar-refractivity contribution in [3.8, 4) is 0 Å². The topological polar surface area (TPSA) is 104 Å². The molecule has 2 atom stereocenters. The first-order valence-corrected chi connectivity index (χ1v) is 7.44. The molecule has 0 aromatic heterocycles. The van der Waals surface area contributed by atoms with E-state index in [4.69, 9.17) is 5.84 Å². The third-order valence-electron chi connectivity index (χ3n) is 3.82. The molecular formula is C14H27N3O3. The lowest BCUT2D eigenvalue weighted by molar-refractivity contribution is -0.133. The van der Waals surface area contributed by atoms with Crippen molar-refractivity contribution in [3.05, 3.63) is 0 Å². The van der Waals surface area contributed by atoms with Gasteiger partial charge in [-0.1, -0.05) is 33.1 Å². The van der Waals surface area contributed by atoms with Crippen LogP contribution in [-0.4, -0.2) is 29.1 Å². The summed E-state index contributed by atoms with van der Waals surface area (Å²) >= 11 is 0. The van der Waals surface area contributed by atoms with Crippen molar-refractivity contribution in [2.75, 3.05) is 0 Å². The van der Waals surface area contributed by atoms with E-state index in [1.165, 1.54) is 6.42 Å². The van der Waals surface area contributed by atoms with E-state index < -0.39 is 18.1 Å². The molecule has 116 valence electrons. The van der Waals surface area contributed by atoms with Gasteiger partial charge in [0.25, 0.3) is 5.91 Å². The average molecular weight is 285 g/mol. The number of hydrogen-bond acceptors (Lipinski definition) is 4. The standard InChI is InChI=1S/C14H27N3O3/c1-9(2)8-11(12(18)14(20)17-15)16-13(19)10-6-4-3-5-7-10/h9-12,18H,3-8,15H2,1-2H3,(H,16,19)(H,17,20)/t11-,12?/m0/s1. The number of nitrogens with two attached hydrogens (primary N) is 1. The van der Waals surface area contributed by atoms with Crippen molar-refractivity contribution >= 4 is 11.8 Å². The maximum Gasteiger partial charge on any atom is 0.264 e. The normalized spacial score (nSPS) is 19.4. The van der Waals surface area contributed by atoms with E-state index in [0.29, 0.717) is 6.42 Å². The lowest BCUT2D eigenvalue weighted by Crippen LogP contribution is -2.53. The zero-order valence-electron chi connectivity index (χ0n) is 12.4. The third-order valence-corrected chi connectivity index (χ3v) is 3.82. The van der Waals surface area contributed by atoms with Crippen LogP contribution in [-0.2, 0) is 9.59 Å². The number of nitrogens with one attached hydrogen (secondary N) is 2. The molecule has 0 heterocycles. The Balaban J connectivity index is 2.63. The number of rotatable bonds is 6. The fourth-order valence-electron chi connectivity index (χ4n) is 2.71. The summed E-state index contributed by atoms with van der Waals surface area (Å²) in [5.74, 6) is 4.58. The summed E-state index contributed by atoms with van der Waals surface area (Å²) in [6.45, 7) is 3.96. The summed E-state index contributed by atoms with van der Waals surface area (Å²) in [4.78, 5) is 23.7. The van der Waals surface area contributed by atoms with Crippen LogP contribution in [0.3, 0.4) is 0 Å². The first-order chi connectivity index (χ1) is 9.45. The molecule has 6 nitrogen and oxygen atoms in total. The zero-order chi connectivity index (χ0) is 15.1. The van der Waals surface area contributed by atoms with E-state index in [2.05, 4.69) is 5.32 Å². The Kier molecular flexibility index (Phi) is 6.95. The monoisotopic (exact) mass is 285 g/mol. The zero-order valence-corrected chi connectivity index (χ0v) is 12.4. The average Bonchev–Trinajstić information content (AvgIpc) is 2.45. The summed E-state index contributed by atoms with van der Waals surface area (Å²) in [6, 6.07) is -0.590. The van der Waals surface area contributed by atoms with Crippen molar-refractivity contribution < 1.29 is 14.7 Å². The third kappa shape index (κ3) is 5.09. The molecule has 0 spiro atoms. The molecule has 0 aliphatic heterocycles. The highest BCUT2D eigenvalue weighted by molar-refractivity contribution is 5.83. The van der Waals surface area contributed by atoms with Crippen LogP contribution in [0.4, 0.5) is 0 Å². The molecule has 2 amide bonds. The number of carbonyl (C=O) groups excluding carboxylic acids is 2. The van der Waals surface area contributed by atoms with Gasteiger partial charge in [-0.15, -0.1) is 0 Å². The van der Waals surface area contributed by atoms with E-state index in [1.54, 1.807) is 0 Å². The molecule has 1 unspecified atom stereocenters. The lowest BCUT2D eigenvalue weighted by atomic mass is 9.88. The second-order valence-electron chi connectivity index (χ2n) is 6.03. The van der Waals surface area contributed by atoms with Gasteiger partial charge in [0, 0.05) is 5.92 Å². The predicted octanol–water partition coefficient (Wildman–Crippen LogP) is 0.448. The Morgan fingerprint density at radius 3 is 2.35 bits per heavy atom. The molecule has 20 heavy (non-hydrogen) atoms. The molecule has 1 aliphatic carbocycles. The molecular weight excluding hydrogens is 258 g/mol. The van der Waals surface area contributed by atoms with E-state index in [9.17, 15) is 14.7 Å². The fraction of sp³-hybridized carbons (Fsp3) is 0.857. The van der Waals surface area contributed by atoms with Gasteiger partial charge in [-0.3, -0.25) is 15.0 Å². The lowest BCUT2D eigenvalue weighted by Gasteiger charge is -2.28. The molecule has 0 bridgehead atoms. The van der Waals surface area contributed by atoms with E-state index >= 15 is 0 Å². The van der Waals surface area contributed by atoms with Crippen LogP contribution >= 0.6 is 0 Å². The van der Waals surface area contributed by atoms with Crippen LogP contribution in [0.1, 0.15) is 52.4 Å². The van der Waals surface area contributed by atoms with Gasteiger partial charge in [-0.2, -0.15) is 0 Å². The predicted molar refractivity (Wildman–Crippen MR) is 76.3 cm³/mol. The molecule has 1 rings (SSSR count). The number of carbonyl (C=O) groups is 2. The molecule has 1 aliphatic rings. The fourth-order valence-corrected chi connectivity index (χ4v) is 2.71. The van der Waals surface area contributed by atoms with Gasteiger partial charge in [0.15, 0.2) is 6.10 Å². The van der Waals surface area contributed by atoms with E-state index in [0.717, 1.165) is 25.7 Å². The van der Waals surface area contributed by atoms with Crippen molar-refractivity contribution in [1.29, 1.82) is 0 Å². The Hall–Kier alpha value is -1.14. The maximum atomic E-state index is 12.2. The van der Waals surface area contributed by atoms with Crippen LogP contribution in [0.2, 0.25) is 0 Å². The number of hydrogen-bond donors (Lipinski definition) is 4. The Morgan fingerprint density at radius 1 is 1.25 bits per heavy atom. The van der Waals surface area contributed by atoms with E-state index in [1.807, 2.05) is 19.3 Å². The number of hydrazine groups is 1. The summed E-state index contributed by atoms with van der Waals surface area (Å²) in [6.07, 6.45) is 4.32. The molecule has 0 radical (unpaired) electrons. The number of aliphatic hydroxyl groups excluding tert-OH is 1. The van der Waals surface area contributed by atoms with Crippen LogP contribution in [0.25, 0.3) is 0 Å². The Labute approximate surface area is 120 Å². The van der Waals surface area contributed by atoms with Gasteiger partial charge in [-0.25, -0.2) is 5.84 Å². The molecule has 5 N–H and O–H groups in total. The SMILES string of the molecule is CC(C)C[C@H](NC(=O)C1CCCCC1)C(O)C(=O)NN. The highest BCUT2D eigenvalue weighted by Crippen LogP contribution is 2.24. The second kappa shape index (κ2) is 8.21. The van der Waals surface area contributed by atoms with Crippen LogP contribution in [0.15, 0.2) is 0 Å². The molecule has 0 aromatic rings. The smallest absolute Gasteiger partial charge is 0.264 e. The molecule has 1 saturated carbocycles. The number of amides is 2. The van der Waals surface area contributed by atoms with Gasteiger partial charge >= 0.3 is 0 Å². The van der Waals surface area contributed by atoms with Gasteiger partial charge in [0.1, 0.15) is 0 Å². The quantitative estimate of drug-likeness (QED) is 0.323. The van der Waals surface area contributed by atoms with Crippen molar-refractivity contribution in [3.63, 3.8) is 0 Å². The maximum absolute atomic E-state index is 12.2. The number of aliphatic hydroxyl groups is 1. The summed E-state index contributed by atoms with van der Waals surface area (Å²) in [5.41, 5.74) is 1.93.